The van der Waals surface area contributed by atoms with Crippen molar-refractivity contribution in [1.29, 1.82) is 5.26 Å². The molecule has 8 heteroatoms. The SMILES string of the molecule is Cl.N#Cc1ccc(S(=O)(=O)N2CCC3CCC(C2)N3)cc1Cl. The van der Waals surface area contributed by atoms with Gasteiger partial charge in [0.25, 0.3) is 0 Å². The summed E-state index contributed by atoms with van der Waals surface area (Å²) < 4.78 is 27.0. The highest BCUT2D eigenvalue weighted by molar-refractivity contribution is 7.89. The third-order valence-corrected chi connectivity index (χ3v) is 6.36. The first-order valence-corrected chi connectivity index (χ1v) is 8.78. The Kier molecular flexibility index (Phi) is 5.36. The van der Waals surface area contributed by atoms with Crippen molar-refractivity contribution in [2.24, 2.45) is 0 Å². The van der Waals surface area contributed by atoms with Crippen LogP contribution in [0.3, 0.4) is 0 Å². The van der Waals surface area contributed by atoms with E-state index in [0.29, 0.717) is 19.1 Å². The predicted molar refractivity (Wildman–Crippen MR) is 86.7 cm³/mol. The minimum absolute atomic E-state index is 0. The molecule has 0 radical (unpaired) electrons. The molecule has 2 aliphatic rings. The lowest BCUT2D eigenvalue weighted by Gasteiger charge is -2.23. The Balaban J connectivity index is 0.00000176. The summed E-state index contributed by atoms with van der Waals surface area (Å²) in [5, 5.41) is 12.5. The van der Waals surface area contributed by atoms with Crippen molar-refractivity contribution >= 4 is 34.0 Å². The van der Waals surface area contributed by atoms with E-state index in [-0.39, 0.29) is 33.9 Å². The fourth-order valence-corrected chi connectivity index (χ4v) is 4.84. The van der Waals surface area contributed by atoms with Gasteiger partial charge in [0.1, 0.15) is 6.07 Å². The van der Waals surface area contributed by atoms with Crippen LogP contribution < -0.4 is 5.32 Å². The van der Waals surface area contributed by atoms with Gasteiger partial charge in [0, 0.05) is 25.2 Å². The second-order valence-corrected chi connectivity index (χ2v) is 7.89. The molecule has 1 N–H and O–H groups in total. The molecule has 0 amide bonds. The summed E-state index contributed by atoms with van der Waals surface area (Å²) in [6.07, 6.45) is 2.98. The molecule has 1 aromatic rings. The molecule has 0 aliphatic carbocycles. The highest BCUT2D eigenvalue weighted by Gasteiger charge is 2.35. The van der Waals surface area contributed by atoms with Crippen LogP contribution >= 0.6 is 24.0 Å². The Morgan fingerprint density at radius 1 is 1.27 bits per heavy atom. The molecule has 2 heterocycles. The molecule has 120 valence electrons. The topological polar surface area (TPSA) is 73.2 Å². The maximum atomic E-state index is 12.7. The van der Waals surface area contributed by atoms with E-state index in [1.54, 1.807) is 0 Å². The van der Waals surface area contributed by atoms with Crippen LogP contribution in [0, 0.1) is 11.3 Å². The summed E-state index contributed by atoms with van der Waals surface area (Å²) in [6.45, 7) is 1.02. The average molecular weight is 362 g/mol. The fourth-order valence-electron chi connectivity index (χ4n) is 3.03. The van der Waals surface area contributed by atoms with Crippen LogP contribution in [-0.4, -0.2) is 37.9 Å². The van der Waals surface area contributed by atoms with Crippen molar-refractivity contribution in [2.75, 3.05) is 13.1 Å². The Morgan fingerprint density at radius 3 is 2.68 bits per heavy atom. The van der Waals surface area contributed by atoms with Gasteiger partial charge in [-0.1, -0.05) is 11.6 Å². The number of nitrogens with zero attached hydrogens (tertiary/aromatic N) is 2. The highest BCUT2D eigenvalue weighted by atomic mass is 35.5. The smallest absolute Gasteiger partial charge is 0.243 e. The average Bonchev–Trinajstić information content (AvgIpc) is 2.77. The molecule has 0 aromatic heterocycles. The van der Waals surface area contributed by atoms with Crippen molar-refractivity contribution in [3.8, 4) is 6.07 Å². The molecule has 2 aliphatic heterocycles. The van der Waals surface area contributed by atoms with Crippen molar-refractivity contribution in [3.05, 3.63) is 28.8 Å². The molecule has 5 nitrogen and oxygen atoms in total. The quantitative estimate of drug-likeness (QED) is 0.875. The van der Waals surface area contributed by atoms with Crippen LogP contribution in [-0.2, 0) is 10.0 Å². The first-order valence-electron chi connectivity index (χ1n) is 6.96. The summed E-state index contributed by atoms with van der Waals surface area (Å²) in [4.78, 5) is 0.157. The summed E-state index contributed by atoms with van der Waals surface area (Å²) >= 11 is 5.95. The number of benzene rings is 1. The zero-order valence-corrected chi connectivity index (χ0v) is 14.2. The van der Waals surface area contributed by atoms with Gasteiger partial charge in [-0.25, -0.2) is 8.42 Å². The third kappa shape index (κ3) is 3.24. The van der Waals surface area contributed by atoms with Gasteiger partial charge in [0.05, 0.1) is 15.5 Å². The van der Waals surface area contributed by atoms with Gasteiger partial charge in [0.2, 0.25) is 10.0 Å². The second-order valence-electron chi connectivity index (χ2n) is 5.54. The molecule has 0 spiro atoms. The van der Waals surface area contributed by atoms with E-state index in [1.807, 2.05) is 6.07 Å². The number of halogens is 2. The van der Waals surface area contributed by atoms with E-state index in [4.69, 9.17) is 16.9 Å². The largest absolute Gasteiger partial charge is 0.310 e. The standard InChI is InChI=1S/C14H16ClN3O2S.ClH/c15-14-7-13(4-1-10(14)8-16)21(19,20)18-6-5-11-2-3-12(9-18)17-11;/h1,4,7,11-12,17H,2-3,5-6,9H2;1H. The first kappa shape index (κ1) is 17.5. The minimum atomic E-state index is -3.56. The van der Waals surface area contributed by atoms with E-state index in [1.165, 1.54) is 22.5 Å². The number of fused-ring (bicyclic) bond motifs is 2. The molecule has 1 aromatic carbocycles. The highest BCUT2D eigenvalue weighted by Crippen LogP contribution is 2.27. The van der Waals surface area contributed by atoms with Gasteiger partial charge in [0.15, 0.2) is 0 Å². The maximum Gasteiger partial charge on any atom is 0.243 e. The van der Waals surface area contributed by atoms with E-state index in [9.17, 15) is 8.42 Å². The summed E-state index contributed by atoms with van der Waals surface area (Å²) in [5.41, 5.74) is 0.284. The minimum Gasteiger partial charge on any atom is -0.310 e. The van der Waals surface area contributed by atoms with Crippen molar-refractivity contribution in [1.82, 2.24) is 9.62 Å². The van der Waals surface area contributed by atoms with E-state index in [0.717, 1.165) is 19.3 Å². The molecule has 2 saturated heterocycles. The van der Waals surface area contributed by atoms with Crippen LogP contribution in [0.4, 0.5) is 0 Å². The molecule has 2 bridgehead atoms. The number of nitrogens with one attached hydrogen (secondary N) is 1. The molecule has 3 rings (SSSR count). The van der Waals surface area contributed by atoms with E-state index >= 15 is 0 Å². The summed E-state index contributed by atoms with van der Waals surface area (Å²) in [5.74, 6) is 0. The molecular weight excluding hydrogens is 345 g/mol. The van der Waals surface area contributed by atoms with Crippen LogP contribution in [0.25, 0.3) is 0 Å². The van der Waals surface area contributed by atoms with Gasteiger partial charge >= 0.3 is 0 Å². The Hall–Kier alpha value is -0.840. The first-order chi connectivity index (χ1) is 10.0. The van der Waals surface area contributed by atoms with E-state index < -0.39 is 10.0 Å². The lowest BCUT2D eigenvalue weighted by atomic mass is 10.1. The molecule has 2 fully saturated rings. The van der Waals surface area contributed by atoms with Crippen LogP contribution in [0.1, 0.15) is 24.8 Å². The van der Waals surface area contributed by atoms with Crippen molar-refractivity contribution in [3.63, 3.8) is 0 Å². The van der Waals surface area contributed by atoms with Crippen LogP contribution in [0.5, 0.6) is 0 Å². The number of rotatable bonds is 2. The third-order valence-electron chi connectivity index (χ3n) is 4.18. The Bertz CT molecular complexity index is 703. The lowest BCUT2D eigenvalue weighted by Crippen LogP contribution is -2.39. The number of hydrogen-bond acceptors (Lipinski definition) is 4. The van der Waals surface area contributed by atoms with Crippen LogP contribution in [0.2, 0.25) is 5.02 Å². The maximum absolute atomic E-state index is 12.7. The Morgan fingerprint density at radius 2 is 2.00 bits per heavy atom. The van der Waals surface area contributed by atoms with Gasteiger partial charge in [-0.05, 0) is 37.5 Å². The molecule has 2 atom stereocenters. The second kappa shape index (κ2) is 6.73. The normalized spacial score (nSPS) is 25.1. The van der Waals surface area contributed by atoms with E-state index in [2.05, 4.69) is 5.32 Å². The predicted octanol–water partition coefficient (Wildman–Crippen LogP) is 2.15. The van der Waals surface area contributed by atoms with Gasteiger partial charge < -0.3 is 5.32 Å². The number of nitriles is 1. The van der Waals surface area contributed by atoms with Crippen molar-refractivity contribution in [2.45, 2.75) is 36.2 Å². The zero-order valence-electron chi connectivity index (χ0n) is 11.8. The number of sulfonamides is 1. The zero-order chi connectivity index (χ0) is 15.0. The van der Waals surface area contributed by atoms with Gasteiger partial charge in [-0.2, -0.15) is 9.57 Å². The molecule has 22 heavy (non-hydrogen) atoms. The molecule has 2 unspecified atom stereocenters. The van der Waals surface area contributed by atoms with Crippen molar-refractivity contribution < 1.29 is 8.42 Å². The van der Waals surface area contributed by atoms with Gasteiger partial charge in [-0.3, -0.25) is 0 Å². The summed E-state index contributed by atoms with van der Waals surface area (Å²) in [7, 11) is -3.56. The number of hydrogen-bond donors (Lipinski definition) is 1. The molecular formula is C14H17Cl2N3O2S. The van der Waals surface area contributed by atoms with Crippen LogP contribution in [0.15, 0.2) is 23.1 Å². The fraction of sp³-hybridized carbons (Fsp3) is 0.500. The van der Waals surface area contributed by atoms with Gasteiger partial charge in [-0.15, -0.1) is 12.4 Å². The Labute approximate surface area is 141 Å². The lowest BCUT2D eigenvalue weighted by molar-refractivity contribution is 0.383. The summed E-state index contributed by atoms with van der Waals surface area (Å²) in [6, 6.07) is 6.88. The monoisotopic (exact) mass is 361 g/mol. The molecule has 0 saturated carbocycles.